The number of fused-ring (bicyclic) bond motifs is 1. The van der Waals surface area contributed by atoms with Gasteiger partial charge in [0.2, 0.25) is 5.91 Å². The quantitative estimate of drug-likeness (QED) is 0.742. The number of hydrogen-bond donors (Lipinski definition) is 1. The van der Waals surface area contributed by atoms with Crippen LogP contribution in [-0.4, -0.2) is 49.9 Å². The van der Waals surface area contributed by atoms with E-state index in [9.17, 15) is 14.4 Å². The van der Waals surface area contributed by atoms with Gasteiger partial charge in [0, 0.05) is 32.0 Å². The van der Waals surface area contributed by atoms with Gasteiger partial charge in [-0.1, -0.05) is 18.2 Å². The Hall–Kier alpha value is -2.41. The van der Waals surface area contributed by atoms with Gasteiger partial charge in [-0.2, -0.15) is 0 Å². The summed E-state index contributed by atoms with van der Waals surface area (Å²) in [6, 6.07) is 7.41. The molecule has 1 aromatic rings. The van der Waals surface area contributed by atoms with Gasteiger partial charge >= 0.3 is 11.8 Å². The molecule has 118 valence electrons. The number of carbonyl (C=O) groups is 3. The predicted octanol–water partition coefficient (Wildman–Crippen LogP) is 0.0545. The van der Waals surface area contributed by atoms with Gasteiger partial charge in [-0.05, 0) is 12.5 Å². The molecule has 1 heterocycles. The number of nitrogens with two attached hydrogens (primary N) is 1. The molecule has 1 aliphatic heterocycles. The van der Waals surface area contributed by atoms with Crippen molar-refractivity contribution >= 4 is 23.4 Å². The largest absolute Gasteiger partial charge is 0.377 e. The third kappa shape index (κ3) is 3.09. The molecular formula is C15H19N3O4. The van der Waals surface area contributed by atoms with Crippen LogP contribution in [0.2, 0.25) is 0 Å². The molecule has 1 aliphatic rings. The number of nitrogens with zero attached hydrogens (tertiary/aromatic N) is 2. The first-order valence-electron chi connectivity index (χ1n) is 6.92. The van der Waals surface area contributed by atoms with Crippen molar-refractivity contribution in [3.8, 4) is 0 Å². The molecule has 0 aromatic heterocycles. The van der Waals surface area contributed by atoms with E-state index in [1.165, 1.54) is 9.80 Å². The SMILES string of the molecule is COC1CCN(C(=O)C(N)=O)CC(=O)N(C)c2ccccc21. The van der Waals surface area contributed by atoms with Crippen molar-refractivity contribution in [2.24, 2.45) is 5.73 Å². The van der Waals surface area contributed by atoms with Crippen LogP contribution in [0.3, 0.4) is 0 Å². The summed E-state index contributed by atoms with van der Waals surface area (Å²) in [5.74, 6) is -2.22. The first-order valence-corrected chi connectivity index (χ1v) is 6.92. The Morgan fingerprint density at radius 1 is 1.32 bits per heavy atom. The van der Waals surface area contributed by atoms with Crippen LogP contribution in [0.15, 0.2) is 24.3 Å². The van der Waals surface area contributed by atoms with Crippen LogP contribution in [0.25, 0.3) is 0 Å². The normalized spacial score (nSPS) is 19.0. The Labute approximate surface area is 128 Å². The van der Waals surface area contributed by atoms with Crippen molar-refractivity contribution in [3.05, 3.63) is 29.8 Å². The maximum atomic E-state index is 12.4. The minimum atomic E-state index is -1.07. The summed E-state index contributed by atoms with van der Waals surface area (Å²) >= 11 is 0. The van der Waals surface area contributed by atoms with E-state index in [4.69, 9.17) is 10.5 Å². The minimum absolute atomic E-state index is 0.191. The van der Waals surface area contributed by atoms with Gasteiger partial charge in [-0.3, -0.25) is 14.4 Å². The van der Waals surface area contributed by atoms with Gasteiger partial charge in [0.25, 0.3) is 0 Å². The van der Waals surface area contributed by atoms with Crippen molar-refractivity contribution in [3.63, 3.8) is 0 Å². The molecule has 0 aliphatic carbocycles. The smallest absolute Gasteiger partial charge is 0.312 e. The van der Waals surface area contributed by atoms with E-state index in [1.807, 2.05) is 24.3 Å². The van der Waals surface area contributed by atoms with Gasteiger partial charge in [0.15, 0.2) is 0 Å². The second-order valence-corrected chi connectivity index (χ2v) is 5.12. The fourth-order valence-electron chi connectivity index (χ4n) is 2.55. The van der Waals surface area contributed by atoms with E-state index in [-0.39, 0.29) is 25.1 Å². The number of hydrogen-bond acceptors (Lipinski definition) is 4. The van der Waals surface area contributed by atoms with E-state index >= 15 is 0 Å². The first-order chi connectivity index (χ1) is 10.5. The Bertz CT molecular complexity index is 602. The summed E-state index contributed by atoms with van der Waals surface area (Å²) < 4.78 is 5.49. The highest BCUT2D eigenvalue weighted by molar-refractivity contribution is 6.34. The Morgan fingerprint density at radius 3 is 2.64 bits per heavy atom. The zero-order valence-electron chi connectivity index (χ0n) is 12.6. The number of ether oxygens (including phenoxy) is 1. The number of para-hydroxylation sites is 1. The van der Waals surface area contributed by atoms with Crippen LogP contribution >= 0.6 is 0 Å². The molecule has 3 amide bonds. The number of methoxy groups -OCH3 is 1. The average molecular weight is 305 g/mol. The molecule has 2 N–H and O–H groups in total. The average Bonchev–Trinajstić information content (AvgIpc) is 2.56. The molecule has 1 unspecified atom stereocenters. The Kier molecular flexibility index (Phi) is 4.77. The monoisotopic (exact) mass is 305 g/mol. The van der Waals surface area contributed by atoms with Crippen LogP contribution < -0.4 is 10.6 Å². The molecule has 7 nitrogen and oxygen atoms in total. The van der Waals surface area contributed by atoms with Crippen molar-refractivity contribution in [1.29, 1.82) is 0 Å². The second-order valence-electron chi connectivity index (χ2n) is 5.12. The molecule has 1 aromatic carbocycles. The maximum Gasteiger partial charge on any atom is 0.312 e. The summed E-state index contributed by atoms with van der Waals surface area (Å²) in [5, 5.41) is 0. The Morgan fingerprint density at radius 2 is 2.00 bits per heavy atom. The van der Waals surface area contributed by atoms with Crippen LogP contribution in [-0.2, 0) is 19.1 Å². The van der Waals surface area contributed by atoms with Crippen molar-refractivity contribution < 1.29 is 19.1 Å². The van der Waals surface area contributed by atoms with E-state index in [0.717, 1.165) is 11.3 Å². The van der Waals surface area contributed by atoms with Crippen molar-refractivity contribution in [2.75, 3.05) is 32.1 Å². The number of primary amides is 1. The lowest BCUT2D eigenvalue weighted by molar-refractivity contribution is -0.145. The summed E-state index contributed by atoms with van der Waals surface area (Å²) in [6.07, 6.45) is 0.181. The summed E-state index contributed by atoms with van der Waals surface area (Å²) in [4.78, 5) is 37.9. The number of carbonyl (C=O) groups excluding carboxylic acids is 3. The molecule has 22 heavy (non-hydrogen) atoms. The Balaban J connectivity index is 2.40. The van der Waals surface area contributed by atoms with E-state index < -0.39 is 11.8 Å². The predicted molar refractivity (Wildman–Crippen MR) is 80.0 cm³/mol. The molecule has 2 rings (SSSR count). The second kappa shape index (κ2) is 6.57. The van der Waals surface area contributed by atoms with E-state index in [0.29, 0.717) is 6.42 Å². The lowest BCUT2D eigenvalue weighted by atomic mass is 10.0. The molecule has 0 fully saturated rings. The summed E-state index contributed by atoms with van der Waals surface area (Å²) in [5.41, 5.74) is 6.64. The van der Waals surface area contributed by atoms with E-state index in [2.05, 4.69) is 0 Å². The van der Waals surface area contributed by atoms with Crippen molar-refractivity contribution in [2.45, 2.75) is 12.5 Å². The highest BCUT2D eigenvalue weighted by atomic mass is 16.5. The van der Waals surface area contributed by atoms with Gasteiger partial charge < -0.3 is 20.3 Å². The molecule has 7 heteroatoms. The third-order valence-electron chi connectivity index (χ3n) is 3.79. The molecule has 0 saturated carbocycles. The number of amides is 3. The molecule has 0 bridgehead atoms. The fraction of sp³-hybridized carbons (Fsp3) is 0.400. The molecular weight excluding hydrogens is 286 g/mol. The van der Waals surface area contributed by atoms with Gasteiger partial charge in [-0.15, -0.1) is 0 Å². The van der Waals surface area contributed by atoms with Gasteiger partial charge in [-0.25, -0.2) is 0 Å². The molecule has 0 radical (unpaired) electrons. The first kappa shape index (κ1) is 16.0. The van der Waals surface area contributed by atoms with Crippen LogP contribution in [0.1, 0.15) is 18.1 Å². The highest BCUT2D eigenvalue weighted by Crippen LogP contribution is 2.31. The number of likely N-dealkylation sites (N-methyl/N-ethyl adjacent to an activating group) is 1. The lowest BCUT2D eigenvalue weighted by Crippen LogP contribution is -2.46. The molecule has 0 saturated heterocycles. The molecule has 1 atom stereocenters. The minimum Gasteiger partial charge on any atom is -0.377 e. The number of rotatable bonds is 1. The third-order valence-corrected chi connectivity index (χ3v) is 3.79. The topological polar surface area (TPSA) is 92.9 Å². The lowest BCUT2D eigenvalue weighted by Gasteiger charge is -2.23. The van der Waals surface area contributed by atoms with Gasteiger partial charge in [0.05, 0.1) is 6.10 Å². The zero-order chi connectivity index (χ0) is 16.3. The van der Waals surface area contributed by atoms with Gasteiger partial charge in [0.1, 0.15) is 6.54 Å². The van der Waals surface area contributed by atoms with Crippen LogP contribution in [0, 0.1) is 0 Å². The number of anilines is 1. The fourth-order valence-corrected chi connectivity index (χ4v) is 2.55. The van der Waals surface area contributed by atoms with Crippen LogP contribution in [0.5, 0.6) is 0 Å². The maximum absolute atomic E-state index is 12.4. The highest BCUT2D eigenvalue weighted by Gasteiger charge is 2.28. The van der Waals surface area contributed by atoms with E-state index in [1.54, 1.807) is 14.2 Å². The zero-order valence-corrected chi connectivity index (χ0v) is 12.6. The van der Waals surface area contributed by atoms with Crippen LogP contribution in [0.4, 0.5) is 5.69 Å². The number of benzene rings is 1. The summed E-state index contributed by atoms with van der Waals surface area (Å²) in [7, 11) is 3.20. The summed E-state index contributed by atoms with van der Waals surface area (Å²) in [6.45, 7) is 0.0250. The van der Waals surface area contributed by atoms with Crippen molar-refractivity contribution in [1.82, 2.24) is 4.90 Å². The standard InChI is InChI=1S/C15H19N3O4/c1-17-11-6-4-3-5-10(11)12(22-2)7-8-18(9-13(17)19)15(21)14(16)20/h3-6,12H,7-9H2,1-2H3,(H2,16,20). The molecule has 0 spiro atoms.